The molecule has 0 atom stereocenters. The number of nitrogens with one attached hydrogen (secondary N) is 1. The van der Waals surface area contributed by atoms with Gasteiger partial charge in [-0.15, -0.1) is 0 Å². The number of rotatable bonds is 5. The number of hydrogen-bond donors (Lipinski definition) is 3. The van der Waals surface area contributed by atoms with E-state index in [4.69, 9.17) is 10.8 Å². The van der Waals surface area contributed by atoms with E-state index in [1.54, 1.807) is 12.4 Å². The number of fused-ring (bicyclic) bond motifs is 1. The lowest BCUT2D eigenvalue weighted by atomic mass is 10.1. The number of aliphatic hydroxyl groups is 1. The molecule has 0 saturated heterocycles. The number of nitrogen functional groups attached to an aromatic ring is 1. The topological polar surface area (TPSA) is 109 Å². The fraction of sp³-hybridized carbons (Fsp3) is 0.286. The van der Waals surface area contributed by atoms with Crippen molar-refractivity contribution in [2.45, 2.75) is 6.42 Å². The van der Waals surface area contributed by atoms with Crippen LogP contribution in [0.3, 0.4) is 0 Å². The molecule has 0 radical (unpaired) electrons. The number of hydrogen-bond acceptors (Lipinski definition) is 7. The molecule has 0 unspecified atom stereocenters. The van der Waals surface area contributed by atoms with Crippen LogP contribution < -0.4 is 11.1 Å². The smallest absolute Gasteiger partial charge is 0.222 e. The first kappa shape index (κ1) is 13.4. The number of anilines is 2. The molecule has 0 aliphatic carbocycles. The van der Waals surface area contributed by atoms with Gasteiger partial charge >= 0.3 is 0 Å². The minimum Gasteiger partial charge on any atom is -0.396 e. The van der Waals surface area contributed by atoms with Gasteiger partial charge in [0.15, 0.2) is 5.82 Å². The monoisotopic (exact) mass is 284 g/mol. The third-order valence-corrected chi connectivity index (χ3v) is 3.19. The predicted molar refractivity (Wildman–Crippen MR) is 83.3 cm³/mol. The van der Waals surface area contributed by atoms with Gasteiger partial charge in [-0.25, -0.2) is 4.98 Å². The van der Waals surface area contributed by atoms with Crippen molar-refractivity contribution >= 4 is 34.6 Å². The second-order valence-corrected chi connectivity index (χ2v) is 4.71. The highest BCUT2D eigenvalue weighted by atomic mass is 16.3. The van der Waals surface area contributed by atoms with Crippen molar-refractivity contribution in [1.82, 2.24) is 15.0 Å². The Hall–Kier alpha value is -2.54. The highest BCUT2D eigenvalue weighted by Gasteiger charge is 2.11. The molecule has 2 aromatic heterocycles. The van der Waals surface area contributed by atoms with Crippen molar-refractivity contribution < 1.29 is 5.11 Å². The van der Waals surface area contributed by atoms with Gasteiger partial charge < -0.3 is 16.2 Å². The lowest BCUT2D eigenvalue weighted by Crippen LogP contribution is -2.08. The van der Waals surface area contributed by atoms with Gasteiger partial charge in [0, 0.05) is 31.1 Å². The van der Waals surface area contributed by atoms with E-state index in [2.05, 4.69) is 25.3 Å². The van der Waals surface area contributed by atoms with Crippen molar-refractivity contribution in [3.05, 3.63) is 23.9 Å². The summed E-state index contributed by atoms with van der Waals surface area (Å²) in [5.74, 6) is 0.791. The van der Waals surface area contributed by atoms with Gasteiger partial charge in [-0.3, -0.25) is 9.98 Å². The first-order valence-electron chi connectivity index (χ1n) is 6.75. The Morgan fingerprint density at radius 2 is 2.24 bits per heavy atom. The summed E-state index contributed by atoms with van der Waals surface area (Å²) >= 11 is 0. The highest BCUT2D eigenvalue weighted by molar-refractivity contribution is 5.93. The van der Waals surface area contributed by atoms with E-state index in [9.17, 15) is 0 Å². The molecular weight excluding hydrogens is 268 g/mol. The van der Waals surface area contributed by atoms with Crippen LogP contribution in [0.15, 0.2) is 23.3 Å². The second-order valence-electron chi connectivity index (χ2n) is 4.71. The molecule has 0 bridgehead atoms. The Morgan fingerprint density at radius 3 is 3.00 bits per heavy atom. The van der Waals surface area contributed by atoms with Gasteiger partial charge in [-0.1, -0.05) is 0 Å². The summed E-state index contributed by atoms with van der Waals surface area (Å²) in [5, 5.41) is 12.0. The van der Waals surface area contributed by atoms with E-state index < -0.39 is 0 Å². The van der Waals surface area contributed by atoms with Crippen LogP contribution in [-0.4, -0.2) is 46.0 Å². The van der Waals surface area contributed by atoms with Gasteiger partial charge in [-0.2, -0.15) is 4.98 Å². The number of aliphatic imine (C=N–C) groups is 1. The molecule has 0 spiro atoms. The summed E-state index contributed by atoms with van der Waals surface area (Å²) in [4.78, 5) is 17.0. The number of pyridine rings is 1. The first-order valence-corrected chi connectivity index (χ1v) is 6.75. The normalized spacial score (nSPS) is 13.7. The molecule has 1 aliphatic heterocycles. The zero-order valence-corrected chi connectivity index (χ0v) is 11.5. The Morgan fingerprint density at radius 1 is 1.33 bits per heavy atom. The quantitative estimate of drug-likeness (QED) is 0.703. The molecule has 0 amide bonds. The van der Waals surface area contributed by atoms with Crippen LogP contribution in [0.2, 0.25) is 0 Å². The average Bonchev–Trinajstić information content (AvgIpc) is 3.01. The number of aromatic nitrogens is 3. The van der Waals surface area contributed by atoms with Crippen LogP contribution >= 0.6 is 0 Å². The zero-order chi connectivity index (χ0) is 14.7. The second kappa shape index (κ2) is 5.84. The molecule has 4 N–H and O–H groups in total. The number of allylic oxidation sites excluding steroid dienone is 1. The van der Waals surface area contributed by atoms with Gasteiger partial charge in [0.25, 0.3) is 0 Å². The molecule has 3 heterocycles. The third-order valence-electron chi connectivity index (χ3n) is 3.19. The standard InChI is InChI=1S/C14H16N6O/c15-14-19-11-6-10(9-2-4-16-7-9)8-18-12(11)13(20-14)17-3-1-5-21/h2,4,6,8,21H,1,3,5,7H2,(H3,15,17,19,20). The maximum atomic E-state index is 8.84. The van der Waals surface area contributed by atoms with E-state index in [1.807, 2.05) is 12.1 Å². The number of nitrogens with two attached hydrogens (primary N) is 1. The van der Waals surface area contributed by atoms with Gasteiger partial charge in [0.2, 0.25) is 5.95 Å². The summed E-state index contributed by atoms with van der Waals surface area (Å²) in [7, 11) is 0. The van der Waals surface area contributed by atoms with Crippen LogP contribution in [-0.2, 0) is 0 Å². The molecule has 108 valence electrons. The lowest BCUT2D eigenvalue weighted by molar-refractivity contribution is 0.292. The highest BCUT2D eigenvalue weighted by Crippen LogP contribution is 2.24. The molecule has 0 aromatic carbocycles. The van der Waals surface area contributed by atoms with Gasteiger partial charge in [0.05, 0.1) is 12.1 Å². The summed E-state index contributed by atoms with van der Waals surface area (Å²) in [6.45, 7) is 1.39. The minimum atomic E-state index is 0.122. The first-order chi connectivity index (χ1) is 10.3. The van der Waals surface area contributed by atoms with Crippen molar-refractivity contribution in [2.75, 3.05) is 30.7 Å². The van der Waals surface area contributed by atoms with Crippen molar-refractivity contribution in [3.8, 4) is 0 Å². The predicted octanol–water partition coefficient (Wildman–Crippen LogP) is 0.869. The van der Waals surface area contributed by atoms with E-state index in [1.165, 1.54) is 0 Å². The molecule has 7 heteroatoms. The van der Waals surface area contributed by atoms with E-state index in [0.717, 1.165) is 11.1 Å². The van der Waals surface area contributed by atoms with Gasteiger partial charge in [-0.05, 0) is 24.1 Å². The average molecular weight is 284 g/mol. The summed E-state index contributed by atoms with van der Waals surface area (Å²) in [6, 6.07) is 1.94. The molecule has 2 aromatic rings. The van der Waals surface area contributed by atoms with Crippen molar-refractivity contribution in [1.29, 1.82) is 0 Å². The Balaban J connectivity index is 1.97. The minimum absolute atomic E-state index is 0.122. The third kappa shape index (κ3) is 2.82. The summed E-state index contributed by atoms with van der Waals surface area (Å²) < 4.78 is 0. The number of nitrogens with zero attached hydrogens (tertiary/aromatic N) is 4. The van der Waals surface area contributed by atoms with Crippen LogP contribution in [0.5, 0.6) is 0 Å². The van der Waals surface area contributed by atoms with Crippen LogP contribution in [0.25, 0.3) is 16.6 Å². The van der Waals surface area contributed by atoms with Crippen molar-refractivity contribution in [2.24, 2.45) is 4.99 Å². The Labute approximate surface area is 121 Å². The largest absolute Gasteiger partial charge is 0.396 e. The summed E-state index contributed by atoms with van der Waals surface area (Å²) in [5.41, 5.74) is 9.21. The van der Waals surface area contributed by atoms with Crippen LogP contribution in [0, 0.1) is 0 Å². The lowest BCUT2D eigenvalue weighted by Gasteiger charge is -2.09. The SMILES string of the molecule is Nc1nc(NCCCO)c2ncc(C3=CC=NC3)cc2n1. The van der Waals surface area contributed by atoms with E-state index in [-0.39, 0.29) is 12.6 Å². The molecule has 0 saturated carbocycles. The van der Waals surface area contributed by atoms with Crippen LogP contribution in [0.4, 0.5) is 11.8 Å². The fourth-order valence-corrected chi connectivity index (χ4v) is 2.16. The molecular formula is C14H16N6O. The molecule has 7 nitrogen and oxygen atoms in total. The molecule has 1 aliphatic rings. The Bertz CT molecular complexity index is 725. The Kier molecular flexibility index (Phi) is 3.74. The van der Waals surface area contributed by atoms with E-state index >= 15 is 0 Å². The maximum absolute atomic E-state index is 8.84. The molecule has 3 rings (SSSR count). The van der Waals surface area contributed by atoms with Gasteiger partial charge in [0.1, 0.15) is 5.52 Å². The zero-order valence-electron chi connectivity index (χ0n) is 11.5. The van der Waals surface area contributed by atoms with Crippen LogP contribution in [0.1, 0.15) is 12.0 Å². The fourth-order valence-electron chi connectivity index (χ4n) is 2.16. The van der Waals surface area contributed by atoms with Crippen molar-refractivity contribution in [3.63, 3.8) is 0 Å². The maximum Gasteiger partial charge on any atom is 0.222 e. The molecule has 0 fully saturated rings. The summed E-state index contributed by atoms with van der Waals surface area (Å²) in [6.07, 6.45) is 6.18. The van der Waals surface area contributed by atoms with E-state index in [0.29, 0.717) is 36.4 Å². The molecule has 21 heavy (non-hydrogen) atoms. The number of aliphatic hydroxyl groups excluding tert-OH is 1.